The summed E-state index contributed by atoms with van der Waals surface area (Å²) in [6.45, 7) is 0. The van der Waals surface area contributed by atoms with E-state index < -0.39 is 17.3 Å². The molecule has 3 aliphatic heterocycles. The highest BCUT2D eigenvalue weighted by Crippen LogP contribution is 2.61. The number of carbonyl (C=O) groups is 2. The molecule has 0 bridgehead atoms. The first kappa shape index (κ1) is 19.7. The van der Waals surface area contributed by atoms with Gasteiger partial charge in [-0.25, -0.2) is 4.39 Å². The van der Waals surface area contributed by atoms with Gasteiger partial charge in [0.15, 0.2) is 5.78 Å². The minimum Gasteiger partial charge on any atom is -0.324 e. The van der Waals surface area contributed by atoms with E-state index in [-0.39, 0.29) is 23.7 Å². The number of benzene rings is 3. The van der Waals surface area contributed by atoms with Crippen LogP contribution in [-0.4, -0.2) is 34.3 Å². The number of nitrogens with zero attached hydrogens (tertiary/aromatic N) is 1. The van der Waals surface area contributed by atoms with Gasteiger partial charge in [-0.1, -0.05) is 60.7 Å². The van der Waals surface area contributed by atoms with Crippen molar-refractivity contribution in [3.63, 3.8) is 0 Å². The fourth-order valence-electron chi connectivity index (χ4n) is 5.88. The van der Waals surface area contributed by atoms with E-state index in [0.717, 1.165) is 11.3 Å². The average molecular weight is 445 g/mol. The topological polar surface area (TPSA) is 49.4 Å². The number of hydrogen-bond donors (Lipinski definition) is 1. The molecule has 0 radical (unpaired) electrons. The third kappa shape index (κ3) is 2.60. The molecule has 4 nitrogen and oxygen atoms in total. The van der Waals surface area contributed by atoms with Crippen LogP contribution < -0.4 is 5.32 Å². The predicted molar refractivity (Wildman–Crippen MR) is 123 cm³/mol. The van der Waals surface area contributed by atoms with Gasteiger partial charge >= 0.3 is 0 Å². The Morgan fingerprint density at radius 3 is 2.50 bits per heavy atom. The van der Waals surface area contributed by atoms with Crippen LogP contribution in [0.25, 0.3) is 0 Å². The Hall–Kier alpha value is -2.96. The Morgan fingerprint density at radius 2 is 1.75 bits per heavy atom. The third-order valence-corrected chi connectivity index (χ3v) is 8.15. The molecule has 3 aromatic rings. The molecule has 3 aliphatic rings. The normalized spacial score (nSPS) is 28.5. The van der Waals surface area contributed by atoms with Crippen molar-refractivity contribution in [2.45, 2.75) is 17.5 Å². The van der Waals surface area contributed by atoms with Crippen LogP contribution in [0.3, 0.4) is 0 Å². The molecule has 4 atom stereocenters. The number of Topliss-reactive ketones (excluding diaryl/α,β-unsaturated/α-hetero) is 1. The second kappa shape index (κ2) is 7.29. The summed E-state index contributed by atoms with van der Waals surface area (Å²) in [7, 11) is 0. The quantitative estimate of drug-likeness (QED) is 0.598. The van der Waals surface area contributed by atoms with Gasteiger partial charge in [0.25, 0.3) is 0 Å². The van der Waals surface area contributed by atoms with Gasteiger partial charge in [-0.15, -0.1) is 11.8 Å². The summed E-state index contributed by atoms with van der Waals surface area (Å²) in [4.78, 5) is 30.1. The monoisotopic (exact) mass is 444 g/mol. The number of ketones is 1. The van der Waals surface area contributed by atoms with Crippen molar-refractivity contribution in [2.75, 3.05) is 16.9 Å². The maximum atomic E-state index is 14.5. The number of halogens is 1. The maximum absolute atomic E-state index is 14.5. The van der Waals surface area contributed by atoms with Crippen molar-refractivity contribution < 1.29 is 14.0 Å². The molecule has 32 heavy (non-hydrogen) atoms. The average Bonchev–Trinajstić information content (AvgIpc) is 3.48. The van der Waals surface area contributed by atoms with Gasteiger partial charge < -0.3 is 5.32 Å². The number of amides is 1. The van der Waals surface area contributed by atoms with E-state index in [9.17, 15) is 14.0 Å². The molecule has 1 spiro atoms. The zero-order chi connectivity index (χ0) is 21.9. The smallest absolute Gasteiger partial charge is 0.250 e. The van der Waals surface area contributed by atoms with Crippen molar-refractivity contribution in [3.05, 3.63) is 101 Å². The minimum absolute atomic E-state index is 0.0000274. The number of anilines is 1. The molecule has 2 fully saturated rings. The predicted octanol–water partition coefficient (Wildman–Crippen LogP) is 4.64. The number of hydrogen-bond acceptors (Lipinski definition) is 4. The number of rotatable bonds is 3. The van der Waals surface area contributed by atoms with E-state index in [2.05, 4.69) is 10.2 Å². The van der Waals surface area contributed by atoms with E-state index in [1.54, 1.807) is 30.0 Å². The first-order valence-corrected chi connectivity index (χ1v) is 11.9. The molecule has 3 aromatic carbocycles. The molecule has 0 aromatic heterocycles. The van der Waals surface area contributed by atoms with Crippen LogP contribution >= 0.6 is 11.8 Å². The number of carbonyl (C=O) groups excluding carboxylic acids is 2. The van der Waals surface area contributed by atoms with Crippen molar-refractivity contribution >= 4 is 29.1 Å². The van der Waals surface area contributed by atoms with Gasteiger partial charge in [-0.2, -0.15) is 0 Å². The van der Waals surface area contributed by atoms with Crippen LogP contribution in [0, 0.1) is 11.7 Å². The summed E-state index contributed by atoms with van der Waals surface area (Å²) < 4.78 is 14.5. The molecule has 0 aliphatic carbocycles. The molecular weight excluding hydrogens is 423 g/mol. The Morgan fingerprint density at radius 1 is 1.03 bits per heavy atom. The Balaban J connectivity index is 1.63. The lowest BCUT2D eigenvalue weighted by atomic mass is 9.69. The Kier molecular flexibility index (Phi) is 4.49. The van der Waals surface area contributed by atoms with E-state index in [1.807, 2.05) is 48.5 Å². The molecule has 1 N–H and O–H groups in total. The minimum atomic E-state index is -1.24. The van der Waals surface area contributed by atoms with E-state index in [0.29, 0.717) is 22.7 Å². The largest absolute Gasteiger partial charge is 0.324 e. The molecule has 0 saturated carbocycles. The van der Waals surface area contributed by atoms with Crippen molar-refractivity contribution in [2.24, 2.45) is 5.92 Å². The van der Waals surface area contributed by atoms with Gasteiger partial charge in [0.1, 0.15) is 11.4 Å². The summed E-state index contributed by atoms with van der Waals surface area (Å²) in [5.41, 5.74) is 1.53. The van der Waals surface area contributed by atoms with Crippen LogP contribution in [-0.2, 0) is 10.3 Å². The van der Waals surface area contributed by atoms with Gasteiger partial charge in [-0.3, -0.25) is 14.5 Å². The fourth-order valence-corrected chi connectivity index (χ4v) is 7.20. The summed E-state index contributed by atoms with van der Waals surface area (Å²) in [5.74, 6) is -0.130. The Bertz CT molecular complexity index is 1220. The summed E-state index contributed by atoms with van der Waals surface area (Å²) >= 11 is 1.76. The van der Waals surface area contributed by atoms with E-state index in [4.69, 9.17) is 0 Å². The number of thioether (sulfide) groups is 1. The molecule has 2 saturated heterocycles. The van der Waals surface area contributed by atoms with Crippen molar-refractivity contribution in [1.82, 2.24) is 4.90 Å². The zero-order valence-electron chi connectivity index (χ0n) is 17.2. The second-order valence-corrected chi connectivity index (χ2v) is 9.59. The maximum Gasteiger partial charge on any atom is 0.250 e. The summed E-state index contributed by atoms with van der Waals surface area (Å²) in [6.07, 6.45) is 0. The molecule has 3 heterocycles. The summed E-state index contributed by atoms with van der Waals surface area (Å²) in [6, 6.07) is 23.5. The molecule has 6 rings (SSSR count). The fraction of sp³-hybridized carbons (Fsp3) is 0.231. The summed E-state index contributed by atoms with van der Waals surface area (Å²) in [5, 5.41) is 2.97. The first-order chi connectivity index (χ1) is 15.6. The molecular formula is C26H21FN2O2S. The lowest BCUT2D eigenvalue weighted by molar-refractivity contribution is -0.127. The van der Waals surface area contributed by atoms with Crippen LogP contribution in [0.2, 0.25) is 0 Å². The molecule has 1 amide bonds. The standard InChI is InChI=1S/C26H21FN2O2S/c27-18-11-12-20-19(13-18)26(25(31)28-20)23(24(30)17-9-5-2-6-10-17)22(16-7-3-1-4-8-16)21-14-32-15-29(21)26/h1-13,21-23H,14-15H2,(H,28,31). The Labute approximate surface area is 189 Å². The molecule has 6 heteroatoms. The van der Waals surface area contributed by atoms with Crippen molar-refractivity contribution in [3.8, 4) is 0 Å². The highest BCUT2D eigenvalue weighted by atomic mass is 32.2. The second-order valence-electron chi connectivity index (χ2n) is 8.59. The van der Waals surface area contributed by atoms with Gasteiger partial charge in [0, 0.05) is 40.4 Å². The van der Waals surface area contributed by atoms with Crippen LogP contribution in [0.5, 0.6) is 0 Å². The van der Waals surface area contributed by atoms with E-state index in [1.165, 1.54) is 12.1 Å². The number of nitrogens with one attached hydrogen (secondary N) is 1. The lowest BCUT2D eigenvalue weighted by Gasteiger charge is -2.36. The van der Waals surface area contributed by atoms with Gasteiger partial charge in [0.2, 0.25) is 5.91 Å². The zero-order valence-corrected chi connectivity index (χ0v) is 18.0. The lowest BCUT2D eigenvalue weighted by Crippen LogP contribution is -2.52. The van der Waals surface area contributed by atoms with Crippen molar-refractivity contribution in [1.29, 1.82) is 0 Å². The number of fused-ring (bicyclic) bond motifs is 4. The van der Waals surface area contributed by atoms with Gasteiger partial charge in [0.05, 0.1) is 5.92 Å². The van der Waals surface area contributed by atoms with Gasteiger partial charge in [-0.05, 0) is 23.8 Å². The highest BCUT2D eigenvalue weighted by molar-refractivity contribution is 7.99. The van der Waals surface area contributed by atoms with Crippen LogP contribution in [0.1, 0.15) is 27.4 Å². The SMILES string of the molecule is O=C(c1ccccc1)C1C(c2ccccc2)C2CSCN2C12C(=O)Nc1ccc(F)cc12. The van der Waals surface area contributed by atoms with Crippen LogP contribution in [0.15, 0.2) is 78.9 Å². The van der Waals surface area contributed by atoms with E-state index >= 15 is 0 Å². The highest BCUT2D eigenvalue weighted by Gasteiger charge is 2.69. The first-order valence-electron chi connectivity index (χ1n) is 10.7. The molecule has 4 unspecified atom stereocenters. The van der Waals surface area contributed by atoms with Crippen LogP contribution in [0.4, 0.5) is 10.1 Å². The third-order valence-electron chi connectivity index (χ3n) is 7.11. The molecule has 160 valence electrons.